The number of amides is 2. The van der Waals surface area contributed by atoms with Gasteiger partial charge in [-0.25, -0.2) is 8.78 Å². The van der Waals surface area contributed by atoms with E-state index in [1.165, 1.54) is 24.3 Å². The van der Waals surface area contributed by atoms with Crippen LogP contribution in [0.5, 0.6) is 11.5 Å². The molecule has 2 amide bonds. The molecule has 0 spiro atoms. The Kier molecular flexibility index (Phi) is 7.64. The molecule has 11 heteroatoms. The van der Waals surface area contributed by atoms with Crippen LogP contribution < -0.4 is 14.8 Å². The average Bonchev–Trinajstić information content (AvgIpc) is 2.86. The fourth-order valence-electron chi connectivity index (χ4n) is 5.04. The Hall–Kier alpha value is -2.62. The Bertz CT molecular complexity index is 1160. The number of rotatable bonds is 8. The number of fused-ring (bicyclic) bond motifs is 3. The van der Waals surface area contributed by atoms with Crippen LogP contribution in [-0.2, 0) is 9.59 Å². The van der Waals surface area contributed by atoms with E-state index in [4.69, 9.17) is 32.7 Å². The van der Waals surface area contributed by atoms with Gasteiger partial charge in [0, 0.05) is 24.7 Å². The third kappa shape index (κ3) is 5.38. The highest BCUT2D eigenvalue weighted by molar-refractivity contribution is 6.31. The lowest BCUT2D eigenvalue weighted by Gasteiger charge is -2.58. The normalized spacial score (nSPS) is 24.8. The molecule has 0 aromatic heterocycles. The Balaban J connectivity index is 1.32. The number of aliphatic hydroxyl groups excluding tert-OH is 1. The number of carbonyl (C=O) groups excluding carboxylic acids is 2. The number of hydrogen-bond acceptors (Lipinski definition) is 5. The second-order valence-corrected chi connectivity index (χ2v) is 10.1. The number of hydrogen-bond donors (Lipinski definition) is 2. The number of likely N-dealkylation sites (N-methyl/N-ethyl adjacent to an activating group) is 1. The second-order valence-electron chi connectivity index (χ2n) is 9.33. The first kappa shape index (κ1) is 26.4. The molecule has 0 saturated heterocycles. The lowest BCUT2D eigenvalue weighted by Crippen LogP contribution is -2.70. The van der Waals surface area contributed by atoms with E-state index in [0.717, 1.165) is 12.1 Å². The standard InChI is InChI=1S/C25H26Cl2F2N2O5/c1-31(23(34)14-36-16-3-5-18(27)20(29)11-16)24-6-8-25(9-7-24,21(32)12-24)30-22(33)13-35-15-2-4-17(26)19(28)10-15/h2-5,10-11,21,32H,6-9,12-14H2,1H3,(H,30,33)/t21-,24?,25?/m0/s1. The van der Waals surface area contributed by atoms with Crippen LogP contribution in [0.15, 0.2) is 36.4 Å². The van der Waals surface area contributed by atoms with Crippen LogP contribution in [-0.4, -0.2) is 59.3 Å². The molecule has 0 heterocycles. The topological polar surface area (TPSA) is 88.1 Å². The summed E-state index contributed by atoms with van der Waals surface area (Å²) in [5.74, 6) is -1.68. The smallest absolute Gasteiger partial charge is 0.260 e. The molecule has 2 N–H and O–H groups in total. The van der Waals surface area contributed by atoms with Crippen molar-refractivity contribution in [2.45, 2.75) is 49.3 Å². The SMILES string of the molecule is CN(C(=O)COc1ccc(Cl)c(F)c1)C12CCC(NC(=O)COc3ccc(Cl)c(F)c3)(CC1)[C@@H](O)C2. The molecule has 3 saturated carbocycles. The lowest BCUT2D eigenvalue weighted by atomic mass is 9.59. The van der Waals surface area contributed by atoms with Gasteiger partial charge in [0.15, 0.2) is 13.2 Å². The summed E-state index contributed by atoms with van der Waals surface area (Å²) < 4.78 is 38.0. The minimum atomic E-state index is -0.876. The number of benzene rings is 2. The van der Waals surface area contributed by atoms with Crippen molar-refractivity contribution in [1.29, 1.82) is 0 Å². The van der Waals surface area contributed by atoms with Crippen LogP contribution in [0.1, 0.15) is 32.1 Å². The van der Waals surface area contributed by atoms with Crippen LogP contribution in [0.4, 0.5) is 8.78 Å². The molecular weight excluding hydrogens is 517 g/mol. The fourth-order valence-corrected chi connectivity index (χ4v) is 5.27. The van der Waals surface area contributed by atoms with Gasteiger partial charge >= 0.3 is 0 Å². The van der Waals surface area contributed by atoms with Crippen molar-refractivity contribution in [2.75, 3.05) is 20.3 Å². The van der Waals surface area contributed by atoms with E-state index in [2.05, 4.69) is 5.32 Å². The zero-order valence-electron chi connectivity index (χ0n) is 19.5. The van der Waals surface area contributed by atoms with Crippen molar-refractivity contribution < 1.29 is 33.0 Å². The van der Waals surface area contributed by atoms with Crippen molar-refractivity contribution in [2.24, 2.45) is 0 Å². The summed E-state index contributed by atoms with van der Waals surface area (Å²) in [5.41, 5.74) is -1.40. The van der Waals surface area contributed by atoms with Gasteiger partial charge in [-0.3, -0.25) is 9.59 Å². The highest BCUT2D eigenvalue weighted by Gasteiger charge is 2.57. The highest BCUT2D eigenvalue weighted by atomic mass is 35.5. The molecule has 5 rings (SSSR count). The van der Waals surface area contributed by atoms with Crippen molar-refractivity contribution >= 4 is 35.0 Å². The van der Waals surface area contributed by atoms with Crippen LogP contribution in [0, 0.1) is 11.6 Å². The molecule has 0 radical (unpaired) electrons. The van der Waals surface area contributed by atoms with Crippen molar-refractivity contribution in [3.05, 3.63) is 58.1 Å². The number of halogens is 4. The minimum absolute atomic E-state index is 0.0379. The Morgan fingerprint density at radius 1 is 1.00 bits per heavy atom. The molecule has 0 aliphatic heterocycles. The van der Waals surface area contributed by atoms with Gasteiger partial charge in [-0.1, -0.05) is 23.2 Å². The number of ether oxygens (including phenoxy) is 2. The molecule has 2 bridgehead atoms. The lowest BCUT2D eigenvalue weighted by molar-refractivity contribution is -0.154. The van der Waals surface area contributed by atoms with Gasteiger partial charge in [-0.05, 0) is 56.4 Å². The summed E-state index contributed by atoms with van der Waals surface area (Å²) in [6, 6.07) is 7.84. The third-order valence-electron chi connectivity index (χ3n) is 7.27. The summed E-state index contributed by atoms with van der Waals surface area (Å²) in [4.78, 5) is 27.0. The molecule has 2 aromatic rings. The van der Waals surface area contributed by atoms with Gasteiger partial charge < -0.3 is 24.8 Å². The van der Waals surface area contributed by atoms with Crippen LogP contribution in [0.25, 0.3) is 0 Å². The van der Waals surface area contributed by atoms with Crippen molar-refractivity contribution in [3.8, 4) is 11.5 Å². The quantitative estimate of drug-likeness (QED) is 0.523. The van der Waals surface area contributed by atoms with E-state index < -0.39 is 34.7 Å². The summed E-state index contributed by atoms with van der Waals surface area (Å²) in [6.07, 6.45) is 1.50. The van der Waals surface area contributed by atoms with E-state index in [-0.39, 0.29) is 47.1 Å². The van der Waals surface area contributed by atoms with E-state index in [1.807, 2.05) is 0 Å². The molecule has 1 atom stereocenters. The predicted octanol–water partition coefficient (Wildman–Crippen LogP) is 4.12. The summed E-state index contributed by atoms with van der Waals surface area (Å²) in [7, 11) is 1.66. The largest absolute Gasteiger partial charge is 0.484 e. The number of nitrogens with one attached hydrogen (secondary N) is 1. The molecule has 194 valence electrons. The Morgan fingerprint density at radius 3 is 2.03 bits per heavy atom. The summed E-state index contributed by atoms with van der Waals surface area (Å²) in [6.45, 7) is -0.637. The molecule has 2 aromatic carbocycles. The first-order valence-electron chi connectivity index (χ1n) is 11.5. The number of carbonyl (C=O) groups is 2. The van der Waals surface area contributed by atoms with Gasteiger partial charge in [0.25, 0.3) is 11.8 Å². The monoisotopic (exact) mass is 542 g/mol. The summed E-state index contributed by atoms with van der Waals surface area (Å²) in [5, 5.41) is 13.8. The highest BCUT2D eigenvalue weighted by Crippen LogP contribution is 2.49. The zero-order valence-corrected chi connectivity index (χ0v) is 21.0. The minimum Gasteiger partial charge on any atom is -0.484 e. The molecule has 0 unspecified atom stereocenters. The molecular formula is C25H26Cl2F2N2O5. The van der Waals surface area contributed by atoms with E-state index in [9.17, 15) is 23.5 Å². The maximum absolute atomic E-state index is 13.6. The van der Waals surface area contributed by atoms with Gasteiger partial charge in [0.2, 0.25) is 0 Å². The fraction of sp³-hybridized carbons (Fsp3) is 0.440. The molecule has 36 heavy (non-hydrogen) atoms. The Morgan fingerprint density at radius 2 is 1.53 bits per heavy atom. The van der Waals surface area contributed by atoms with E-state index in [0.29, 0.717) is 25.7 Å². The first-order chi connectivity index (χ1) is 17.0. The van der Waals surface area contributed by atoms with Gasteiger partial charge in [0.1, 0.15) is 23.1 Å². The van der Waals surface area contributed by atoms with Gasteiger partial charge in [-0.2, -0.15) is 0 Å². The van der Waals surface area contributed by atoms with Gasteiger partial charge in [0.05, 0.1) is 21.7 Å². The molecule has 3 aliphatic carbocycles. The van der Waals surface area contributed by atoms with E-state index in [1.54, 1.807) is 11.9 Å². The number of nitrogens with zero attached hydrogens (tertiary/aromatic N) is 1. The summed E-state index contributed by atoms with van der Waals surface area (Å²) >= 11 is 11.3. The molecule has 7 nitrogen and oxygen atoms in total. The second kappa shape index (κ2) is 10.4. The third-order valence-corrected chi connectivity index (χ3v) is 7.89. The van der Waals surface area contributed by atoms with Crippen molar-refractivity contribution in [3.63, 3.8) is 0 Å². The number of aliphatic hydroxyl groups is 1. The van der Waals surface area contributed by atoms with E-state index >= 15 is 0 Å². The van der Waals surface area contributed by atoms with Crippen LogP contribution >= 0.6 is 23.2 Å². The zero-order chi connectivity index (χ0) is 26.1. The van der Waals surface area contributed by atoms with Gasteiger partial charge in [-0.15, -0.1) is 0 Å². The van der Waals surface area contributed by atoms with Crippen LogP contribution in [0.3, 0.4) is 0 Å². The first-order valence-corrected chi connectivity index (χ1v) is 12.2. The Labute approximate surface area is 217 Å². The van der Waals surface area contributed by atoms with Crippen LogP contribution in [0.2, 0.25) is 10.0 Å². The average molecular weight is 543 g/mol. The molecule has 3 fully saturated rings. The maximum atomic E-state index is 13.6. The predicted molar refractivity (Wildman–Crippen MR) is 129 cm³/mol. The molecule has 3 aliphatic rings. The van der Waals surface area contributed by atoms with Crippen molar-refractivity contribution in [1.82, 2.24) is 10.2 Å². The maximum Gasteiger partial charge on any atom is 0.260 e.